The lowest BCUT2D eigenvalue weighted by Gasteiger charge is -2.15. The third kappa shape index (κ3) is 1.50. The fourth-order valence-corrected chi connectivity index (χ4v) is 3.96. The van der Waals surface area contributed by atoms with Crippen molar-refractivity contribution in [2.24, 2.45) is 0 Å². The minimum atomic E-state index is 1.07. The molecule has 0 nitrogen and oxygen atoms in total. The maximum absolute atomic E-state index is 2.35. The molecule has 0 saturated carbocycles. The molecule has 0 atom stereocenters. The average molecular weight is 268 g/mol. The Bertz CT molecular complexity index is 913. The van der Waals surface area contributed by atoms with Gasteiger partial charge in [-0.15, -0.1) is 0 Å². The molecule has 2 aliphatic rings. The van der Waals surface area contributed by atoms with E-state index in [1.807, 2.05) is 0 Å². The smallest absolute Gasteiger partial charge is 0.000728 e. The highest BCUT2D eigenvalue weighted by molar-refractivity contribution is 6.00. The van der Waals surface area contributed by atoms with Gasteiger partial charge in [-0.2, -0.15) is 0 Å². The maximum atomic E-state index is 2.35. The second kappa shape index (κ2) is 4.08. The molecule has 0 saturated heterocycles. The van der Waals surface area contributed by atoms with Crippen LogP contribution in [0, 0.1) is 0 Å². The summed E-state index contributed by atoms with van der Waals surface area (Å²) in [7, 11) is 0. The summed E-state index contributed by atoms with van der Waals surface area (Å²) in [6, 6.07) is 18.1. The molecule has 0 heteroatoms. The third-order valence-corrected chi connectivity index (χ3v) is 4.98. The lowest BCUT2D eigenvalue weighted by molar-refractivity contribution is 0.990. The van der Waals surface area contributed by atoms with Crippen molar-refractivity contribution in [3.05, 3.63) is 76.9 Å². The number of hydrogen-bond donors (Lipinski definition) is 0. The van der Waals surface area contributed by atoms with Crippen LogP contribution in [0.25, 0.3) is 28.0 Å². The van der Waals surface area contributed by atoms with Crippen molar-refractivity contribution >= 4 is 16.8 Å². The van der Waals surface area contributed by atoms with Gasteiger partial charge in [0.1, 0.15) is 0 Å². The quantitative estimate of drug-likeness (QED) is 0.402. The molecule has 0 aromatic heterocycles. The van der Waals surface area contributed by atoms with E-state index in [-0.39, 0.29) is 0 Å². The lowest BCUT2D eigenvalue weighted by atomic mass is 9.89. The highest BCUT2D eigenvalue weighted by Crippen LogP contribution is 2.41. The standard InChI is InChI=1S/C21H16/c1-3-7-16-14(5-1)9-10-20-18(16)11-12-19-17-8-4-2-6-15(17)13-21(19)20/h2-4,6-12H,1,5,13H2. The summed E-state index contributed by atoms with van der Waals surface area (Å²) in [5, 5.41) is 2.86. The fourth-order valence-electron chi connectivity index (χ4n) is 3.96. The first-order valence-corrected chi connectivity index (χ1v) is 7.74. The van der Waals surface area contributed by atoms with Gasteiger partial charge in [-0.1, -0.05) is 60.7 Å². The fraction of sp³-hybridized carbons (Fsp3) is 0.143. The normalized spacial score (nSPS) is 14.9. The van der Waals surface area contributed by atoms with Gasteiger partial charge in [0.05, 0.1) is 0 Å². The number of fused-ring (bicyclic) bond motifs is 7. The lowest BCUT2D eigenvalue weighted by Crippen LogP contribution is -1.96. The molecule has 100 valence electrons. The van der Waals surface area contributed by atoms with Crippen molar-refractivity contribution in [3.8, 4) is 11.1 Å². The van der Waals surface area contributed by atoms with E-state index in [0.29, 0.717) is 0 Å². The van der Waals surface area contributed by atoms with E-state index < -0.39 is 0 Å². The summed E-state index contributed by atoms with van der Waals surface area (Å²) in [5.74, 6) is 0. The van der Waals surface area contributed by atoms with Gasteiger partial charge in [-0.05, 0) is 63.4 Å². The van der Waals surface area contributed by atoms with Crippen LogP contribution in [-0.4, -0.2) is 0 Å². The number of rotatable bonds is 0. The number of aryl methyl sites for hydroxylation is 1. The Hall–Kier alpha value is -2.34. The van der Waals surface area contributed by atoms with Crippen LogP contribution in [0.3, 0.4) is 0 Å². The maximum Gasteiger partial charge on any atom is -0.000728 e. The highest BCUT2D eigenvalue weighted by Gasteiger charge is 2.21. The SMILES string of the molecule is C1=Cc2c(ccc3c4c(ccc23)-c2ccccc2C4)CC1. The van der Waals surface area contributed by atoms with Crippen molar-refractivity contribution in [1.29, 1.82) is 0 Å². The van der Waals surface area contributed by atoms with Gasteiger partial charge in [-0.25, -0.2) is 0 Å². The van der Waals surface area contributed by atoms with Crippen LogP contribution in [0.15, 0.2) is 54.6 Å². The minimum Gasteiger partial charge on any atom is -0.0836 e. The van der Waals surface area contributed by atoms with E-state index in [9.17, 15) is 0 Å². The van der Waals surface area contributed by atoms with Gasteiger partial charge in [0.2, 0.25) is 0 Å². The molecule has 0 heterocycles. The van der Waals surface area contributed by atoms with E-state index >= 15 is 0 Å². The Labute approximate surface area is 124 Å². The molecule has 0 radical (unpaired) electrons. The van der Waals surface area contributed by atoms with Crippen molar-refractivity contribution in [2.45, 2.75) is 19.3 Å². The topological polar surface area (TPSA) is 0 Å². The Morgan fingerprint density at radius 1 is 0.714 bits per heavy atom. The summed E-state index contributed by atoms with van der Waals surface area (Å²) in [6.45, 7) is 0. The molecule has 2 aliphatic carbocycles. The molecule has 3 aromatic rings. The monoisotopic (exact) mass is 268 g/mol. The van der Waals surface area contributed by atoms with E-state index in [2.05, 4.69) is 60.7 Å². The van der Waals surface area contributed by atoms with Crippen LogP contribution in [0.5, 0.6) is 0 Å². The van der Waals surface area contributed by atoms with Crippen LogP contribution in [0.1, 0.15) is 28.7 Å². The van der Waals surface area contributed by atoms with Gasteiger partial charge in [0, 0.05) is 0 Å². The third-order valence-electron chi connectivity index (χ3n) is 4.98. The predicted molar refractivity (Wildman–Crippen MR) is 89.5 cm³/mol. The molecule has 0 amide bonds. The summed E-state index contributed by atoms with van der Waals surface area (Å²) in [4.78, 5) is 0. The van der Waals surface area contributed by atoms with Gasteiger partial charge in [-0.3, -0.25) is 0 Å². The first kappa shape index (κ1) is 11.3. The van der Waals surface area contributed by atoms with Crippen molar-refractivity contribution in [1.82, 2.24) is 0 Å². The van der Waals surface area contributed by atoms with E-state index in [1.54, 1.807) is 0 Å². The van der Waals surface area contributed by atoms with E-state index in [4.69, 9.17) is 0 Å². The summed E-state index contributed by atoms with van der Waals surface area (Å²) in [5.41, 5.74) is 8.77. The Kier molecular flexibility index (Phi) is 2.20. The molecule has 0 spiro atoms. The minimum absolute atomic E-state index is 1.07. The number of hydrogen-bond acceptors (Lipinski definition) is 0. The largest absolute Gasteiger partial charge is 0.0836 e. The number of allylic oxidation sites excluding steroid dienone is 1. The Balaban J connectivity index is 1.85. The van der Waals surface area contributed by atoms with Crippen molar-refractivity contribution < 1.29 is 0 Å². The molecule has 0 N–H and O–H groups in total. The molecule has 21 heavy (non-hydrogen) atoms. The van der Waals surface area contributed by atoms with E-state index in [1.165, 1.54) is 57.0 Å². The van der Waals surface area contributed by atoms with Crippen LogP contribution in [0.4, 0.5) is 0 Å². The zero-order valence-electron chi connectivity index (χ0n) is 11.9. The summed E-state index contributed by atoms with van der Waals surface area (Å²) < 4.78 is 0. The molecule has 5 rings (SSSR count). The van der Waals surface area contributed by atoms with Gasteiger partial charge >= 0.3 is 0 Å². The van der Waals surface area contributed by atoms with Crippen LogP contribution in [0.2, 0.25) is 0 Å². The van der Waals surface area contributed by atoms with Crippen LogP contribution < -0.4 is 0 Å². The second-order valence-electron chi connectivity index (χ2n) is 6.10. The Morgan fingerprint density at radius 2 is 1.62 bits per heavy atom. The number of benzene rings is 3. The Morgan fingerprint density at radius 3 is 2.62 bits per heavy atom. The molecule has 0 unspecified atom stereocenters. The van der Waals surface area contributed by atoms with Gasteiger partial charge in [0.15, 0.2) is 0 Å². The summed E-state index contributed by atoms with van der Waals surface area (Å²) in [6.07, 6.45) is 8.05. The van der Waals surface area contributed by atoms with Crippen LogP contribution >= 0.6 is 0 Å². The molecule has 0 bridgehead atoms. The molecular formula is C21H16. The zero-order chi connectivity index (χ0) is 13.8. The average Bonchev–Trinajstić information content (AvgIpc) is 2.93. The molecule has 0 aliphatic heterocycles. The zero-order valence-corrected chi connectivity index (χ0v) is 11.9. The molecular weight excluding hydrogens is 252 g/mol. The first-order chi connectivity index (χ1) is 10.4. The first-order valence-electron chi connectivity index (χ1n) is 7.74. The summed E-state index contributed by atoms with van der Waals surface area (Å²) >= 11 is 0. The van der Waals surface area contributed by atoms with Gasteiger partial charge in [0.25, 0.3) is 0 Å². The van der Waals surface area contributed by atoms with E-state index in [0.717, 1.165) is 6.42 Å². The van der Waals surface area contributed by atoms with Gasteiger partial charge < -0.3 is 0 Å². The van der Waals surface area contributed by atoms with Crippen LogP contribution in [-0.2, 0) is 12.8 Å². The highest BCUT2D eigenvalue weighted by atomic mass is 14.2. The molecule has 3 aromatic carbocycles. The van der Waals surface area contributed by atoms with Crippen molar-refractivity contribution in [3.63, 3.8) is 0 Å². The second-order valence-corrected chi connectivity index (χ2v) is 6.10. The van der Waals surface area contributed by atoms with Crippen molar-refractivity contribution in [2.75, 3.05) is 0 Å². The predicted octanol–water partition coefficient (Wildman–Crippen LogP) is 5.37. The molecule has 0 fully saturated rings.